The van der Waals surface area contributed by atoms with E-state index in [-0.39, 0.29) is 11.5 Å². The van der Waals surface area contributed by atoms with Gasteiger partial charge in [-0.1, -0.05) is 39.2 Å². The van der Waals surface area contributed by atoms with Crippen molar-refractivity contribution in [2.75, 3.05) is 0 Å². The Morgan fingerprint density at radius 1 is 1.16 bits per heavy atom. The average Bonchev–Trinajstić information content (AvgIpc) is 2.34. The molecule has 1 aromatic rings. The minimum atomic E-state index is -1.40. The molecule has 0 spiro atoms. The van der Waals surface area contributed by atoms with Gasteiger partial charge < -0.3 is 14.9 Å². The first-order valence-corrected chi connectivity index (χ1v) is 6.84. The second kappa shape index (κ2) is 7.67. The topological polar surface area (TPSA) is 66.8 Å². The Hall–Kier alpha value is -1.71. The van der Waals surface area contributed by atoms with Crippen LogP contribution >= 0.6 is 0 Å². The third kappa shape index (κ3) is 4.81. The Labute approximate surface area is 114 Å². The van der Waals surface area contributed by atoms with Crippen LogP contribution in [0.25, 0.3) is 0 Å². The van der Waals surface area contributed by atoms with Crippen molar-refractivity contribution in [1.82, 2.24) is 0 Å². The predicted octanol–water partition coefficient (Wildman–Crippen LogP) is 4.13. The molecule has 0 aliphatic heterocycles. The van der Waals surface area contributed by atoms with Gasteiger partial charge in [-0.05, 0) is 36.5 Å². The number of phenols is 1. The summed E-state index contributed by atoms with van der Waals surface area (Å²) in [5, 5.41) is 18.7. The fourth-order valence-electron chi connectivity index (χ4n) is 2.09. The lowest BCUT2D eigenvalue weighted by Gasteiger charge is -2.11. The molecule has 0 aromatic heterocycles. The van der Waals surface area contributed by atoms with Crippen LogP contribution in [0.15, 0.2) is 12.1 Å². The van der Waals surface area contributed by atoms with Crippen LogP contribution in [0.5, 0.6) is 11.5 Å². The number of aryl methyl sites for hydroxylation is 2. The molecule has 1 aromatic carbocycles. The number of carboxylic acid groups (broad SMARTS) is 1. The monoisotopic (exact) mass is 266 g/mol. The van der Waals surface area contributed by atoms with Gasteiger partial charge in [-0.25, -0.2) is 4.79 Å². The van der Waals surface area contributed by atoms with E-state index in [0.717, 1.165) is 49.7 Å². The molecule has 0 heterocycles. The standard InChI is InChI=1S/C15H22O4/c1-3-5-6-8-12-9-11(7-4-2)10-13(14(12)16)19-15(17)18/h9-10,16H,3-8H2,1-2H3,(H,17,18). The van der Waals surface area contributed by atoms with E-state index in [0.29, 0.717) is 0 Å². The highest BCUT2D eigenvalue weighted by Crippen LogP contribution is 2.33. The smallest absolute Gasteiger partial charge is 0.504 e. The molecule has 0 aliphatic carbocycles. The molecule has 2 N–H and O–H groups in total. The molecular formula is C15H22O4. The maximum absolute atomic E-state index is 10.6. The molecule has 0 aliphatic rings. The zero-order valence-corrected chi connectivity index (χ0v) is 11.6. The van der Waals surface area contributed by atoms with E-state index in [1.54, 1.807) is 6.07 Å². The lowest BCUT2D eigenvalue weighted by molar-refractivity contribution is 0.142. The van der Waals surface area contributed by atoms with Gasteiger partial charge in [0.15, 0.2) is 11.5 Å². The van der Waals surface area contributed by atoms with Crippen LogP contribution in [0.1, 0.15) is 50.7 Å². The molecule has 0 saturated carbocycles. The maximum Gasteiger partial charge on any atom is 0.511 e. The first kappa shape index (κ1) is 15.3. The number of hydrogen-bond acceptors (Lipinski definition) is 3. The molecule has 19 heavy (non-hydrogen) atoms. The van der Waals surface area contributed by atoms with Crippen LogP contribution in [0.4, 0.5) is 4.79 Å². The highest BCUT2D eigenvalue weighted by atomic mass is 16.7. The number of aromatic hydroxyl groups is 1. The van der Waals surface area contributed by atoms with Crippen molar-refractivity contribution in [1.29, 1.82) is 0 Å². The summed E-state index contributed by atoms with van der Waals surface area (Å²) in [7, 11) is 0. The van der Waals surface area contributed by atoms with Crippen molar-refractivity contribution in [3.8, 4) is 11.5 Å². The zero-order chi connectivity index (χ0) is 14.3. The Kier molecular flexibility index (Phi) is 6.19. The van der Waals surface area contributed by atoms with E-state index < -0.39 is 6.16 Å². The second-order valence-corrected chi connectivity index (χ2v) is 4.68. The van der Waals surface area contributed by atoms with Crippen LogP contribution in [0, 0.1) is 0 Å². The third-order valence-electron chi connectivity index (χ3n) is 3.00. The number of carbonyl (C=O) groups is 1. The molecule has 1 rings (SSSR count). The molecule has 0 radical (unpaired) electrons. The van der Waals surface area contributed by atoms with Crippen LogP contribution in [-0.4, -0.2) is 16.4 Å². The SMILES string of the molecule is CCCCCc1cc(CCC)cc(OC(=O)O)c1O. The first-order chi connectivity index (χ1) is 9.08. The van der Waals surface area contributed by atoms with Gasteiger partial charge >= 0.3 is 6.16 Å². The van der Waals surface area contributed by atoms with Crippen LogP contribution in [0.3, 0.4) is 0 Å². The molecule has 0 amide bonds. The van der Waals surface area contributed by atoms with Gasteiger partial charge in [0, 0.05) is 0 Å². The van der Waals surface area contributed by atoms with Gasteiger partial charge in [0.2, 0.25) is 0 Å². The van der Waals surface area contributed by atoms with Gasteiger partial charge in [-0.15, -0.1) is 0 Å². The second-order valence-electron chi connectivity index (χ2n) is 4.68. The summed E-state index contributed by atoms with van der Waals surface area (Å²) in [4.78, 5) is 10.6. The lowest BCUT2D eigenvalue weighted by Crippen LogP contribution is -2.05. The van der Waals surface area contributed by atoms with Crippen molar-refractivity contribution in [3.63, 3.8) is 0 Å². The van der Waals surface area contributed by atoms with Gasteiger partial charge in [0.05, 0.1) is 0 Å². The van der Waals surface area contributed by atoms with Crippen LogP contribution < -0.4 is 4.74 Å². The fraction of sp³-hybridized carbons (Fsp3) is 0.533. The Morgan fingerprint density at radius 2 is 1.89 bits per heavy atom. The fourth-order valence-corrected chi connectivity index (χ4v) is 2.09. The molecule has 0 atom stereocenters. The van der Waals surface area contributed by atoms with Crippen LogP contribution in [0.2, 0.25) is 0 Å². The van der Waals surface area contributed by atoms with E-state index in [4.69, 9.17) is 5.11 Å². The van der Waals surface area contributed by atoms with Crippen molar-refractivity contribution in [2.24, 2.45) is 0 Å². The molecule has 0 fully saturated rings. The minimum absolute atomic E-state index is 0.0432. The Bertz CT molecular complexity index is 426. The molecule has 4 heteroatoms. The number of rotatable bonds is 7. The lowest BCUT2D eigenvalue weighted by atomic mass is 10.0. The van der Waals surface area contributed by atoms with Gasteiger partial charge in [0.25, 0.3) is 0 Å². The predicted molar refractivity (Wildman–Crippen MR) is 74.0 cm³/mol. The molecule has 0 unspecified atom stereocenters. The highest BCUT2D eigenvalue weighted by molar-refractivity contribution is 5.64. The quantitative estimate of drug-likeness (QED) is 0.442. The Balaban J connectivity index is 2.98. The molecule has 106 valence electrons. The number of unbranched alkanes of at least 4 members (excludes halogenated alkanes) is 2. The number of hydrogen-bond donors (Lipinski definition) is 2. The number of phenolic OH excluding ortho intramolecular Hbond substituents is 1. The van der Waals surface area contributed by atoms with Crippen molar-refractivity contribution >= 4 is 6.16 Å². The average molecular weight is 266 g/mol. The summed E-state index contributed by atoms with van der Waals surface area (Å²) in [6, 6.07) is 3.56. The highest BCUT2D eigenvalue weighted by Gasteiger charge is 2.13. The summed E-state index contributed by atoms with van der Waals surface area (Å²) < 4.78 is 4.65. The minimum Gasteiger partial charge on any atom is -0.504 e. The molecule has 4 nitrogen and oxygen atoms in total. The van der Waals surface area contributed by atoms with Gasteiger partial charge in [-0.2, -0.15) is 0 Å². The summed E-state index contributed by atoms with van der Waals surface area (Å²) >= 11 is 0. The molecule has 0 bridgehead atoms. The van der Waals surface area contributed by atoms with E-state index in [1.165, 1.54) is 0 Å². The van der Waals surface area contributed by atoms with Crippen molar-refractivity contribution in [3.05, 3.63) is 23.3 Å². The third-order valence-corrected chi connectivity index (χ3v) is 3.00. The number of benzene rings is 1. The normalized spacial score (nSPS) is 10.4. The summed E-state index contributed by atoms with van der Waals surface area (Å²) in [6.07, 6.45) is 4.33. The summed E-state index contributed by atoms with van der Waals surface area (Å²) in [5.41, 5.74) is 1.78. The summed E-state index contributed by atoms with van der Waals surface area (Å²) in [6.45, 7) is 4.17. The van der Waals surface area contributed by atoms with Crippen LogP contribution in [-0.2, 0) is 12.8 Å². The first-order valence-electron chi connectivity index (χ1n) is 6.84. The largest absolute Gasteiger partial charge is 0.511 e. The van der Waals surface area contributed by atoms with E-state index >= 15 is 0 Å². The van der Waals surface area contributed by atoms with Crippen molar-refractivity contribution in [2.45, 2.75) is 52.4 Å². The Morgan fingerprint density at radius 3 is 2.47 bits per heavy atom. The molecular weight excluding hydrogens is 244 g/mol. The van der Waals surface area contributed by atoms with E-state index in [9.17, 15) is 9.90 Å². The zero-order valence-electron chi connectivity index (χ0n) is 11.6. The van der Waals surface area contributed by atoms with Crippen molar-refractivity contribution < 1.29 is 19.7 Å². The van der Waals surface area contributed by atoms with Gasteiger partial charge in [0.1, 0.15) is 0 Å². The van der Waals surface area contributed by atoms with E-state index in [2.05, 4.69) is 18.6 Å². The summed E-state index contributed by atoms with van der Waals surface area (Å²) in [5.74, 6) is 0.00306. The number of ether oxygens (including phenoxy) is 1. The van der Waals surface area contributed by atoms with E-state index in [1.807, 2.05) is 6.07 Å². The maximum atomic E-state index is 10.6. The van der Waals surface area contributed by atoms with Gasteiger partial charge in [-0.3, -0.25) is 0 Å². The molecule has 0 saturated heterocycles.